The highest BCUT2D eigenvalue weighted by Crippen LogP contribution is 2.33. The number of ketones is 2. The molecule has 1 aliphatic carbocycles. The molecule has 3 heteroatoms. The summed E-state index contributed by atoms with van der Waals surface area (Å²) in [6.07, 6.45) is 3.33. The van der Waals surface area contributed by atoms with Crippen molar-refractivity contribution in [3.8, 4) is 0 Å². The van der Waals surface area contributed by atoms with Crippen LogP contribution in [0.3, 0.4) is 0 Å². The van der Waals surface area contributed by atoms with E-state index in [1.807, 2.05) is 26.0 Å². The summed E-state index contributed by atoms with van der Waals surface area (Å²) in [5.74, 6) is -0.392. The van der Waals surface area contributed by atoms with E-state index in [0.717, 1.165) is 6.42 Å². The molecule has 140 valence electrons. The minimum Gasteiger partial charge on any atom is -0.298 e. The fourth-order valence-corrected chi connectivity index (χ4v) is 3.85. The molecule has 0 spiro atoms. The second kappa shape index (κ2) is 8.43. The molecule has 0 amide bonds. The van der Waals surface area contributed by atoms with Crippen LogP contribution in [-0.4, -0.2) is 24.3 Å². The second-order valence-corrected chi connectivity index (χ2v) is 8.15. The van der Waals surface area contributed by atoms with Crippen LogP contribution in [0.1, 0.15) is 50.2 Å². The molecule has 1 fully saturated rings. The normalized spacial score (nSPS) is 17.7. The zero-order valence-corrected chi connectivity index (χ0v) is 16.1. The predicted molar refractivity (Wildman–Crippen MR) is 109 cm³/mol. The van der Waals surface area contributed by atoms with Gasteiger partial charge < -0.3 is 0 Å². The third-order valence-electron chi connectivity index (χ3n) is 5.20. The van der Waals surface area contributed by atoms with Crippen molar-refractivity contribution in [1.82, 2.24) is 0 Å². The van der Waals surface area contributed by atoms with Gasteiger partial charge in [0.05, 0.1) is 0 Å². The Bertz CT molecular complexity index is 749. The Morgan fingerprint density at radius 1 is 0.926 bits per heavy atom. The zero-order chi connectivity index (χ0) is 19.3. The number of carbonyl (C=O) groups is 2. The van der Waals surface area contributed by atoms with Crippen LogP contribution in [0.2, 0.25) is 0 Å². The number of hydrogen-bond acceptors (Lipinski definition) is 3. The number of benzene rings is 2. The maximum absolute atomic E-state index is 12.3. The fraction of sp³-hybridized carbons (Fsp3) is 0.375. The van der Waals surface area contributed by atoms with Crippen molar-refractivity contribution in [2.45, 2.75) is 39.0 Å². The van der Waals surface area contributed by atoms with Crippen molar-refractivity contribution in [2.75, 3.05) is 6.54 Å². The van der Waals surface area contributed by atoms with Crippen molar-refractivity contribution >= 4 is 17.8 Å². The van der Waals surface area contributed by atoms with Crippen LogP contribution in [0.25, 0.3) is 0 Å². The Hall–Kier alpha value is -2.55. The molecule has 3 rings (SSSR count). The lowest BCUT2D eigenvalue weighted by Crippen LogP contribution is -2.38. The summed E-state index contributed by atoms with van der Waals surface area (Å²) in [4.78, 5) is 29.0. The van der Waals surface area contributed by atoms with Crippen LogP contribution < -0.4 is 0 Å². The van der Waals surface area contributed by atoms with E-state index in [4.69, 9.17) is 0 Å². The fourth-order valence-electron chi connectivity index (χ4n) is 3.85. The van der Waals surface area contributed by atoms with Crippen molar-refractivity contribution in [1.29, 1.82) is 0 Å². The first-order chi connectivity index (χ1) is 13.0. The monoisotopic (exact) mass is 361 g/mol. The van der Waals surface area contributed by atoms with E-state index in [9.17, 15) is 9.59 Å². The van der Waals surface area contributed by atoms with E-state index in [-0.39, 0.29) is 22.9 Å². The van der Waals surface area contributed by atoms with Crippen LogP contribution in [0.15, 0.2) is 65.7 Å². The van der Waals surface area contributed by atoms with Gasteiger partial charge in [0.25, 0.3) is 0 Å². The average Bonchev–Trinajstić information content (AvgIpc) is 2.64. The molecule has 0 saturated heterocycles. The van der Waals surface area contributed by atoms with Crippen LogP contribution >= 0.6 is 0 Å². The molecule has 1 saturated carbocycles. The molecular formula is C24H27NO2. The lowest BCUT2D eigenvalue weighted by molar-refractivity contribution is -0.136. The third-order valence-corrected chi connectivity index (χ3v) is 5.20. The first kappa shape index (κ1) is 19.2. The van der Waals surface area contributed by atoms with Crippen LogP contribution in [0.5, 0.6) is 0 Å². The highest BCUT2D eigenvalue weighted by Gasteiger charge is 2.38. The largest absolute Gasteiger partial charge is 0.298 e. The summed E-state index contributed by atoms with van der Waals surface area (Å²) in [6.45, 7) is 4.54. The van der Waals surface area contributed by atoms with E-state index >= 15 is 0 Å². The van der Waals surface area contributed by atoms with Gasteiger partial charge >= 0.3 is 0 Å². The maximum atomic E-state index is 12.3. The Labute approximate surface area is 161 Å². The third kappa shape index (κ3) is 5.00. The highest BCUT2D eigenvalue weighted by molar-refractivity contribution is 6.16. The number of Topliss-reactive ketones (excluding diaryl/α,β-unsaturated/α-hetero) is 2. The Balaban J connectivity index is 1.67. The lowest BCUT2D eigenvalue weighted by atomic mass is 9.72. The van der Waals surface area contributed by atoms with Crippen LogP contribution in [0, 0.1) is 11.3 Å². The van der Waals surface area contributed by atoms with Crippen molar-refractivity contribution in [2.24, 2.45) is 16.3 Å². The smallest absolute Gasteiger partial charge is 0.149 e. The Morgan fingerprint density at radius 2 is 1.41 bits per heavy atom. The summed E-state index contributed by atoms with van der Waals surface area (Å²) in [5, 5.41) is 0. The van der Waals surface area contributed by atoms with Gasteiger partial charge in [-0.3, -0.25) is 14.6 Å². The minimum absolute atomic E-state index is 0.00247. The van der Waals surface area contributed by atoms with Gasteiger partial charge in [-0.1, -0.05) is 74.5 Å². The van der Waals surface area contributed by atoms with Crippen molar-refractivity contribution in [3.63, 3.8) is 0 Å². The molecule has 0 unspecified atom stereocenters. The van der Waals surface area contributed by atoms with E-state index < -0.39 is 5.92 Å². The Morgan fingerprint density at radius 3 is 1.89 bits per heavy atom. The second-order valence-electron chi connectivity index (χ2n) is 8.15. The summed E-state index contributed by atoms with van der Waals surface area (Å²) in [6, 6.07) is 20.8. The molecule has 2 aromatic carbocycles. The molecule has 0 atom stereocenters. The van der Waals surface area contributed by atoms with Gasteiger partial charge in [-0.05, 0) is 23.0 Å². The SMILES string of the molecule is CC1(C)CC(=O)C(C=NCCC(c2ccccc2)c2ccccc2)C(=O)C1. The quantitative estimate of drug-likeness (QED) is 0.545. The molecule has 0 aliphatic heterocycles. The minimum atomic E-state index is -0.648. The molecule has 0 heterocycles. The van der Waals surface area contributed by atoms with Crippen molar-refractivity contribution < 1.29 is 9.59 Å². The molecule has 0 bridgehead atoms. The predicted octanol–water partition coefficient (Wildman–Crippen LogP) is 4.85. The molecule has 27 heavy (non-hydrogen) atoms. The highest BCUT2D eigenvalue weighted by atomic mass is 16.2. The average molecular weight is 361 g/mol. The van der Waals surface area contributed by atoms with Gasteiger partial charge in [0, 0.05) is 31.5 Å². The van der Waals surface area contributed by atoms with Gasteiger partial charge in [0.15, 0.2) is 0 Å². The standard InChI is InChI=1S/C24H27NO2/c1-24(2)15-22(26)21(23(27)16-24)17-25-14-13-20(18-9-5-3-6-10-18)19-11-7-4-8-12-19/h3-12,17,20-21H,13-16H2,1-2H3. The molecule has 0 N–H and O–H groups in total. The summed E-state index contributed by atoms with van der Waals surface area (Å²) in [5.41, 5.74) is 2.29. The molecule has 3 nitrogen and oxygen atoms in total. The summed E-state index contributed by atoms with van der Waals surface area (Å²) < 4.78 is 0. The van der Waals surface area contributed by atoms with E-state index in [1.165, 1.54) is 11.1 Å². The zero-order valence-electron chi connectivity index (χ0n) is 16.1. The number of carbonyl (C=O) groups excluding carboxylic acids is 2. The number of nitrogens with zero attached hydrogens (tertiary/aromatic N) is 1. The molecular weight excluding hydrogens is 334 g/mol. The first-order valence-electron chi connectivity index (χ1n) is 9.61. The van der Waals surface area contributed by atoms with E-state index in [0.29, 0.717) is 19.4 Å². The molecule has 0 aromatic heterocycles. The number of hydrogen-bond donors (Lipinski definition) is 0. The number of rotatable bonds is 6. The topological polar surface area (TPSA) is 46.5 Å². The van der Waals surface area contributed by atoms with Crippen LogP contribution in [0.4, 0.5) is 0 Å². The van der Waals surface area contributed by atoms with Gasteiger partial charge in [0.2, 0.25) is 0 Å². The van der Waals surface area contributed by atoms with Gasteiger partial charge in [0.1, 0.15) is 17.5 Å². The van der Waals surface area contributed by atoms with Gasteiger partial charge in [-0.2, -0.15) is 0 Å². The summed E-state index contributed by atoms with van der Waals surface area (Å²) >= 11 is 0. The first-order valence-corrected chi connectivity index (χ1v) is 9.61. The maximum Gasteiger partial charge on any atom is 0.149 e. The molecule has 1 aliphatic rings. The molecule has 2 aromatic rings. The van der Waals surface area contributed by atoms with E-state index in [2.05, 4.69) is 53.5 Å². The lowest BCUT2D eigenvalue weighted by Gasteiger charge is -2.30. The van der Waals surface area contributed by atoms with Gasteiger partial charge in [-0.15, -0.1) is 0 Å². The molecule has 0 radical (unpaired) electrons. The van der Waals surface area contributed by atoms with E-state index in [1.54, 1.807) is 6.21 Å². The van der Waals surface area contributed by atoms with Gasteiger partial charge in [-0.25, -0.2) is 0 Å². The van der Waals surface area contributed by atoms with Crippen LogP contribution in [-0.2, 0) is 9.59 Å². The number of aliphatic imine (C=N–C) groups is 1. The van der Waals surface area contributed by atoms with Crippen molar-refractivity contribution in [3.05, 3.63) is 71.8 Å². The summed E-state index contributed by atoms with van der Waals surface area (Å²) in [7, 11) is 0. The Kier molecular flexibility index (Phi) is 6.00.